The van der Waals surface area contributed by atoms with Gasteiger partial charge < -0.3 is 9.47 Å². The molecule has 5 nitrogen and oxygen atoms in total. The molecule has 2 rings (SSSR count). The molecule has 0 atom stereocenters. The molecule has 0 N–H and O–H groups in total. The molecule has 0 bridgehead atoms. The summed E-state index contributed by atoms with van der Waals surface area (Å²) in [5.74, 6) is 0.956. The van der Waals surface area contributed by atoms with Crippen LogP contribution in [0.5, 0.6) is 11.5 Å². The molecular weight excluding hydrogens is 278 g/mol. The first-order valence-electron chi connectivity index (χ1n) is 6.38. The standard InChI is InChI=1S/C14H17NO4S/c1-14(2,10-15)5-8-20(16,17)11-3-4-12-13(9-11)19-7-6-18-12/h3-4,9H,5-8H2,1-2H3. The third-order valence-electron chi connectivity index (χ3n) is 3.17. The highest BCUT2D eigenvalue weighted by Crippen LogP contribution is 2.33. The largest absolute Gasteiger partial charge is 0.486 e. The number of fused-ring (bicyclic) bond motifs is 1. The quantitative estimate of drug-likeness (QED) is 0.851. The number of ether oxygens (including phenoxy) is 2. The van der Waals surface area contributed by atoms with Crippen LogP contribution in [0.1, 0.15) is 20.3 Å². The summed E-state index contributed by atoms with van der Waals surface area (Å²) in [6.07, 6.45) is 0.292. The van der Waals surface area contributed by atoms with Crippen molar-refractivity contribution in [1.82, 2.24) is 0 Å². The van der Waals surface area contributed by atoms with Crippen LogP contribution < -0.4 is 9.47 Å². The van der Waals surface area contributed by atoms with Crippen LogP contribution in [0.3, 0.4) is 0 Å². The Morgan fingerprint density at radius 1 is 1.25 bits per heavy atom. The molecule has 20 heavy (non-hydrogen) atoms. The van der Waals surface area contributed by atoms with Gasteiger partial charge in [0.2, 0.25) is 0 Å². The number of hydrogen-bond acceptors (Lipinski definition) is 5. The molecule has 0 unspecified atom stereocenters. The summed E-state index contributed by atoms with van der Waals surface area (Å²) in [5, 5.41) is 8.94. The average molecular weight is 295 g/mol. The van der Waals surface area contributed by atoms with Gasteiger partial charge in [-0.2, -0.15) is 5.26 Å². The SMILES string of the molecule is CC(C)(C#N)CCS(=O)(=O)c1ccc2c(c1)OCCO2. The number of nitrogens with zero attached hydrogens (tertiary/aromatic N) is 1. The van der Waals surface area contributed by atoms with Gasteiger partial charge in [-0.05, 0) is 32.4 Å². The minimum Gasteiger partial charge on any atom is -0.486 e. The molecule has 1 aliphatic heterocycles. The van der Waals surface area contributed by atoms with Crippen LogP contribution in [0.15, 0.2) is 23.1 Å². The predicted octanol–water partition coefficient (Wildman–Crippen LogP) is 2.17. The van der Waals surface area contributed by atoms with Crippen molar-refractivity contribution in [3.8, 4) is 17.6 Å². The fourth-order valence-electron chi connectivity index (χ4n) is 1.78. The molecule has 0 aliphatic carbocycles. The van der Waals surface area contributed by atoms with Crippen LogP contribution in [-0.4, -0.2) is 27.4 Å². The fraction of sp³-hybridized carbons (Fsp3) is 0.500. The van der Waals surface area contributed by atoms with Gasteiger partial charge in [0.25, 0.3) is 0 Å². The monoisotopic (exact) mass is 295 g/mol. The summed E-state index contributed by atoms with van der Waals surface area (Å²) in [6.45, 7) is 4.34. The highest BCUT2D eigenvalue weighted by atomic mass is 32.2. The van der Waals surface area contributed by atoms with E-state index in [1.165, 1.54) is 12.1 Å². The van der Waals surface area contributed by atoms with Crippen LogP contribution in [0.25, 0.3) is 0 Å². The van der Waals surface area contributed by atoms with E-state index < -0.39 is 15.3 Å². The number of rotatable bonds is 4. The lowest BCUT2D eigenvalue weighted by molar-refractivity contribution is 0.171. The molecule has 0 spiro atoms. The van der Waals surface area contributed by atoms with E-state index in [-0.39, 0.29) is 10.6 Å². The number of benzene rings is 1. The van der Waals surface area contributed by atoms with Crippen LogP contribution in [0, 0.1) is 16.7 Å². The van der Waals surface area contributed by atoms with E-state index in [0.717, 1.165) is 0 Å². The molecule has 108 valence electrons. The molecule has 0 aromatic heterocycles. The highest BCUT2D eigenvalue weighted by molar-refractivity contribution is 7.91. The molecule has 0 radical (unpaired) electrons. The Bertz CT molecular complexity index is 644. The van der Waals surface area contributed by atoms with Crippen LogP contribution in [-0.2, 0) is 9.84 Å². The van der Waals surface area contributed by atoms with Gasteiger partial charge in [-0.1, -0.05) is 0 Å². The lowest BCUT2D eigenvalue weighted by Gasteiger charge is -2.19. The number of hydrogen-bond donors (Lipinski definition) is 0. The molecule has 0 amide bonds. The van der Waals surface area contributed by atoms with Crippen LogP contribution in [0.2, 0.25) is 0 Å². The number of sulfone groups is 1. The fourth-order valence-corrected chi connectivity index (χ4v) is 3.36. The van der Waals surface area contributed by atoms with Crippen molar-refractivity contribution in [3.05, 3.63) is 18.2 Å². The Kier molecular flexibility index (Phi) is 3.91. The predicted molar refractivity (Wildman–Crippen MR) is 73.5 cm³/mol. The molecule has 1 aromatic carbocycles. The first kappa shape index (κ1) is 14.7. The Labute approximate surface area is 119 Å². The van der Waals surface area contributed by atoms with Gasteiger partial charge >= 0.3 is 0 Å². The van der Waals surface area contributed by atoms with Gasteiger partial charge in [0.15, 0.2) is 21.3 Å². The zero-order valence-electron chi connectivity index (χ0n) is 11.5. The van der Waals surface area contributed by atoms with Crippen molar-refractivity contribution in [1.29, 1.82) is 5.26 Å². The second-order valence-electron chi connectivity index (χ2n) is 5.37. The van der Waals surface area contributed by atoms with Crippen LogP contribution in [0.4, 0.5) is 0 Å². The molecule has 0 fully saturated rings. The maximum atomic E-state index is 12.3. The van der Waals surface area contributed by atoms with Gasteiger partial charge in [-0.3, -0.25) is 0 Å². The van der Waals surface area contributed by atoms with Crippen molar-refractivity contribution < 1.29 is 17.9 Å². The third kappa shape index (κ3) is 3.23. The Hall–Kier alpha value is -1.74. The van der Waals surface area contributed by atoms with E-state index in [1.54, 1.807) is 19.9 Å². The molecule has 6 heteroatoms. The van der Waals surface area contributed by atoms with Crippen molar-refractivity contribution in [2.45, 2.75) is 25.2 Å². The van der Waals surface area contributed by atoms with E-state index >= 15 is 0 Å². The maximum absolute atomic E-state index is 12.3. The van der Waals surface area contributed by atoms with Gasteiger partial charge in [-0.25, -0.2) is 8.42 Å². The Morgan fingerprint density at radius 2 is 1.90 bits per heavy atom. The second-order valence-corrected chi connectivity index (χ2v) is 7.48. The number of nitriles is 1. The minimum atomic E-state index is -3.42. The molecular formula is C14H17NO4S. The summed E-state index contributed by atoms with van der Waals surface area (Å²) in [7, 11) is -3.42. The lowest BCUT2D eigenvalue weighted by Crippen LogP contribution is -2.18. The summed E-state index contributed by atoms with van der Waals surface area (Å²) in [6, 6.07) is 6.72. The molecule has 0 saturated heterocycles. The first-order valence-corrected chi connectivity index (χ1v) is 8.03. The maximum Gasteiger partial charge on any atom is 0.178 e. The molecule has 1 aromatic rings. The van der Waals surface area contributed by atoms with Gasteiger partial charge in [-0.15, -0.1) is 0 Å². The van der Waals surface area contributed by atoms with Crippen molar-refractivity contribution >= 4 is 9.84 Å². The second kappa shape index (κ2) is 5.33. The van der Waals surface area contributed by atoms with E-state index in [0.29, 0.717) is 31.1 Å². The van der Waals surface area contributed by atoms with Gasteiger partial charge in [0.05, 0.1) is 22.1 Å². The third-order valence-corrected chi connectivity index (χ3v) is 4.88. The summed E-state index contributed by atoms with van der Waals surface area (Å²) >= 11 is 0. The summed E-state index contributed by atoms with van der Waals surface area (Å²) < 4.78 is 35.3. The van der Waals surface area contributed by atoms with E-state index in [2.05, 4.69) is 6.07 Å². The topological polar surface area (TPSA) is 76.4 Å². The normalized spacial score (nSPS) is 14.7. The highest BCUT2D eigenvalue weighted by Gasteiger charge is 2.24. The lowest BCUT2D eigenvalue weighted by atomic mass is 9.93. The molecule has 0 saturated carbocycles. The Balaban J connectivity index is 2.20. The molecule has 1 heterocycles. The summed E-state index contributed by atoms with van der Waals surface area (Å²) in [4.78, 5) is 0.204. The zero-order chi connectivity index (χ0) is 14.8. The van der Waals surface area contributed by atoms with Crippen molar-refractivity contribution in [3.63, 3.8) is 0 Å². The Morgan fingerprint density at radius 3 is 2.55 bits per heavy atom. The first-order chi connectivity index (χ1) is 9.34. The minimum absolute atomic E-state index is 0.0623. The zero-order valence-corrected chi connectivity index (χ0v) is 12.4. The van der Waals surface area contributed by atoms with E-state index in [9.17, 15) is 8.42 Å². The molecule has 1 aliphatic rings. The van der Waals surface area contributed by atoms with Crippen molar-refractivity contribution in [2.24, 2.45) is 5.41 Å². The van der Waals surface area contributed by atoms with E-state index in [1.807, 2.05) is 0 Å². The van der Waals surface area contributed by atoms with E-state index in [4.69, 9.17) is 14.7 Å². The van der Waals surface area contributed by atoms with Gasteiger partial charge in [0, 0.05) is 6.07 Å². The van der Waals surface area contributed by atoms with Crippen LogP contribution >= 0.6 is 0 Å². The average Bonchev–Trinajstić information content (AvgIpc) is 2.45. The summed E-state index contributed by atoms with van der Waals surface area (Å²) in [5.41, 5.74) is -0.652. The van der Waals surface area contributed by atoms with Gasteiger partial charge in [0.1, 0.15) is 13.2 Å². The smallest absolute Gasteiger partial charge is 0.178 e. The van der Waals surface area contributed by atoms with Crippen molar-refractivity contribution in [2.75, 3.05) is 19.0 Å².